The number of rotatable bonds is 5. The number of benzene rings is 2. The van der Waals surface area contributed by atoms with E-state index in [-0.39, 0.29) is 11.2 Å². The van der Waals surface area contributed by atoms with Crippen molar-refractivity contribution in [3.63, 3.8) is 0 Å². The lowest BCUT2D eigenvalue weighted by Crippen LogP contribution is -2.10. The minimum Gasteiger partial charge on any atom is -0.340 e. The predicted molar refractivity (Wildman–Crippen MR) is 115 cm³/mol. The number of aryl methyl sites for hydroxylation is 1. The molecular formula is C23H26N4O. The fourth-order valence-electron chi connectivity index (χ4n) is 2.81. The van der Waals surface area contributed by atoms with E-state index in [1.807, 2.05) is 37.3 Å². The SMILES string of the molecule is CC(=O)c1ccc(Nc2cc(C)nc(Nc3ccc(C(C)(C)C)cc3)n2)cc1. The summed E-state index contributed by atoms with van der Waals surface area (Å²) in [5.41, 5.74) is 4.74. The molecule has 0 spiro atoms. The third-order valence-corrected chi connectivity index (χ3v) is 4.43. The second-order valence-corrected chi connectivity index (χ2v) is 7.93. The Hall–Kier alpha value is -3.21. The van der Waals surface area contributed by atoms with E-state index in [0.717, 1.165) is 17.1 Å². The average molecular weight is 374 g/mol. The lowest BCUT2D eigenvalue weighted by molar-refractivity contribution is 0.101. The Balaban J connectivity index is 1.76. The van der Waals surface area contributed by atoms with Gasteiger partial charge in [-0.25, -0.2) is 4.98 Å². The number of carbonyl (C=O) groups is 1. The van der Waals surface area contributed by atoms with Gasteiger partial charge in [0.1, 0.15) is 5.82 Å². The zero-order valence-electron chi connectivity index (χ0n) is 17.0. The van der Waals surface area contributed by atoms with Crippen LogP contribution in [0.3, 0.4) is 0 Å². The average Bonchev–Trinajstić information content (AvgIpc) is 2.61. The summed E-state index contributed by atoms with van der Waals surface area (Å²) >= 11 is 0. The van der Waals surface area contributed by atoms with E-state index >= 15 is 0 Å². The third kappa shape index (κ3) is 4.94. The summed E-state index contributed by atoms with van der Waals surface area (Å²) < 4.78 is 0. The first kappa shape index (κ1) is 19.5. The number of Topliss-reactive ketones (excluding diaryl/α,β-unsaturated/α-hetero) is 1. The summed E-state index contributed by atoms with van der Waals surface area (Å²) in [4.78, 5) is 20.4. The van der Waals surface area contributed by atoms with Crippen LogP contribution in [-0.2, 0) is 5.41 Å². The summed E-state index contributed by atoms with van der Waals surface area (Å²) in [7, 11) is 0. The van der Waals surface area contributed by atoms with E-state index in [4.69, 9.17) is 0 Å². The van der Waals surface area contributed by atoms with E-state index < -0.39 is 0 Å². The van der Waals surface area contributed by atoms with Gasteiger partial charge in [-0.2, -0.15) is 4.98 Å². The van der Waals surface area contributed by atoms with Gasteiger partial charge in [-0.15, -0.1) is 0 Å². The number of nitrogens with one attached hydrogen (secondary N) is 2. The highest BCUT2D eigenvalue weighted by Gasteiger charge is 2.13. The van der Waals surface area contributed by atoms with Gasteiger partial charge in [-0.3, -0.25) is 4.79 Å². The summed E-state index contributed by atoms with van der Waals surface area (Å²) in [5, 5.41) is 6.53. The van der Waals surface area contributed by atoms with Crippen molar-refractivity contribution in [1.29, 1.82) is 0 Å². The topological polar surface area (TPSA) is 66.9 Å². The standard InChI is InChI=1S/C23H26N4O/c1-15-14-21(25-19-10-6-17(7-11-19)16(2)28)27-22(24-15)26-20-12-8-18(9-13-20)23(3,4)5/h6-14H,1-5H3,(H2,24,25,26,27). The van der Waals surface area contributed by atoms with Crippen molar-refractivity contribution in [1.82, 2.24) is 9.97 Å². The molecule has 0 unspecified atom stereocenters. The molecule has 0 aliphatic heterocycles. The van der Waals surface area contributed by atoms with Crippen LogP contribution in [0.4, 0.5) is 23.1 Å². The molecule has 0 atom stereocenters. The van der Waals surface area contributed by atoms with Gasteiger partial charge in [0.15, 0.2) is 5.78 Å². The van der Waals surface area contributed by atoms with Crippen molar-refractivity contribution in [2.24, 2.45) is 0 Å². The van der Waals surface area contributed by atoms with Crippen LogP contribution in [0.5, 0.6) is 0 Å². The van der Waals surface area contributed by atoms with Crippen LogP contribution in [0.15, 0.2) is 54.6 Å². The molecule has 0 aliphatic carbocycles. The molecule has 0 amide bonds. The maximum atomic E-state index is 11.4. The molecule has 1 heterocycles. The molecule has 5 nitrogen and oxygen atoms in total. The van der Waals surface area contributed by atoms with Gasteiger partial charge in [-0.1, -0.05) is 32.9 Å². The minimum atomic E-state index is 0.0494. The number of aromatic nitrogens is 2. The lowest BCUT2D eigenvalue weighted by Gasteiger charge is -2.19. The molecule has 0 fully saturated rings. The quantitative estimate of drug-likeness (QED) is 0.555. The summed E-state index contributed by atoms with van der Waals surface area (Å²) in [6.07, 6.45) is 0. The van der Waals surface area contributed by atoms with E-state index in [2.05, 4.69) is 53.5 Å². The predicted octanol–water partition coefficient (Wildman–Crippen LogP) is 5.77. The van der Waals surface area contributed by atoms with Gasteiger partial charge in [0.05, 0.1) is 0 Å². The number of ketones is 1. The first-order valence-electron chi connectivity index (χ1n) is 9.32. The Kier molecular flexibility index (Phi) is 5.45. The Morgan fingerprint density at radius 1 is 0.857 bits per heavy atom. The maximum Gasteiger partial charge on any atom is 0.229 e. The fraction of sp³-hybridized carbons (Fsp3) is 0.261. The molecule has 28 heavy (non-hydrogen) atoms. The van der Waals surface area contributed by atoms with Crippen molar-refractivity contribution in [3.05, 3.63) is 71.4 Å². The highest BCUT2D eigenvalue weighted by atomic mass is 16.1. The van der Waals surface area contributed by atoms with E-state index in [1.165, 1.54) is 5.56 Å². The van der Waals surface area contributed by atoms with Crippen LogP contribution in [0.25, 0.3) is 0 Å². The highest BCUT2D eigenvalue weighted by Crippen LogP contribution is 2.25. The first-order chi connectivity index (χ1) is 13.2. The van der Waals surface area contributed by atoms with Crippen molar-refractivity contribution in [2.45, 2.75) is 40.0 Å². The Bertz CT molecular complexity index is 971. The van der Waals surface area contributed by atoms with E-state index in [0.29, 0.717) is 17.3 Å². The van der Waals surface area contributed by atoms with E-state index in [9.17, 15) is 4.79 Å². The Labute approximate surface area is 166 Å². The number of nitrogens with zero attached hydrogens (tertiary/aromatic N) is 2. The summed E-state index contributed by atoms with van der Waals surface area (Å²) in [5.74, 6) is 1.27. The molecule has 3 rings (SSSR count). The molecule has 0 bridgehead atoms. The monoisotopic (exact) mass is 374 g/mol. The zero-order valence-corrected chi connectivity index (χ0v) is 17.0. The van der Waals surface area contributed by atoms with Gasteiger partial charge >= 0.3 is 0 Å². The largest absolute Gasteiger partial charge is 0.340 e. The second-order valence-electron chi connectivity index (χ2n) is 7.93. The van der Waals surface area contributed by atoms with Gasteiger partial charge in [-0.05, 0) is 61.2 Å². The molecule has 2 N–H and O–H groups in total. The fourth-order valence-corrected chi connectivity index (χ4v) is 2.81. The van der Waals surface area contributed by atoms with E-state index in [1.54, 1.807) is 19.1 Å². The highest BCUT2D eigenvalue weighted by molar-refractivity contribution is 5.94. The summed E-state index contributed by atoms with van der Waals surface area (Å²) in [6.45, 7) is 10.1. The van der Waals surface area contributed by atoms with Crippen molar-refractivity contribution < 1.29 is 4.79 Å². The smallest absolute Gasteiger partial charge is 0.229 e. The lowest BCUT2D eigenvalue weighted by atomic mass is 9.87. The van der Waals surface area contributed by atoms with Gasteiger partial charge in [0.2, 0.25) is 5.95 Å². The molecular weight excluding hydrogens is 348 g/mol. The molecule has 0 aliphatic rings. The normalized spacial score (nSPS) is 11.2. The van der Waals surface area contributed by atoms with Crippen molar-refractivity contribution in [3.8, 4) is 0 Å². The van der Waals surface area contributed by atoms with Gasteiger partial charge < -0.3 is 10.6 Å². The Morgan fingerprint density at radius 2 is 1.43 bits per heavy atom. The van der Waals surface area contributed by atoms with Crippen LogP contribution in [-0.4, -0.2) is 15.8 Å². The molecule has 0 saturated carbocycles. The van der Waals surface area contributed by atoms with Crippen LogP contribution < -0.4 is 10.6 Å². The minimum absolute atomic E-state index is 0.0494. The molecule has 5 heteroatoms. The number of anilines is 4. The molecule has 2 aromatic carbocycles. The van der Waals surface area contributed by atoms with Gasteiger partial charge in [0, 0.05) is 28.7 Å². The first-order valence-corrected chi connectivity index (χ1v) is 9.32. The van der Waals surface area contributed by atoms with Gasteiger partial charge in [0.25, 0.3) is 0 Å². The molecule has 3 aromatic rings. The number of hydrogen-bond acceptors (Lipinski definition) is 5. The van der Waals surface area contributed by atoms with Crippen LogP contribution in [0, 0.1) is 6.92 Å². The number of carbonyl (C=O) groups excluding carboxylic acids is 1. The third-order valence-electron chi connectivity index (χ3n) is 4.43. The van der Waals surface area contributed by atoms with Crippen LogP contribution in [0.1, 0.15) is 49.3 Å². The summed E-state index contributed by atoms with van der Waals surface area (Å²) in [6, 6.07) is 17.5. The van der Waals surface area contributed by atoms with Crippen LogP contribution >= 0.6 is 0 Å². The molecule has 144 valence electrons. The Morgan fingerprint density at radius 3 is 2.00 bits per heavy atom. The van der Waals surface area contributed by atoms with Crippen LogP contribution in [0.2, 0.25) is 0 Å². The zero-order chi connectivity index (χ0) is 20.3. The maximum absolute atomic E-state index is 11.4. The number of hydrogen-bond donors (Lipinski definition) is 2. The van der Waals surface area contributed by atoms with Crippen molar-refractivity contribution >= 4 is 28.9 Å². The second kappa shape index (κ2) is 7.80. The molecule has 1 aromatic heterocycles. The van der Waals surface area contributed by atoms with Crippen molar-refractivity contribution in [2.75, 3.05) is 10.6 Å². The molecule has 0 radical (unpaired) electrons. The molecule has 0 saturated heterocycles.